The lowest BCUT2D eigenvalue weighted by Gasteiger charge is -2.29. The number of benzene rings is 1. The molecule has 1 N–H and O–H groups in total. The Labute approximate surface area is 110 Å². The van der Waals surface area contributed by atoms with Gasteiger partial charge in [0.2, 0.25) is 0 Å². The van der Waals surface area contributed by atoms with E-state index in [9.17, 15) is 9.18 Å². The Morgan fingerprint density at radius 2 is 1.84 bits per heavy atom. The van der Waals surface area contributed by atoms with Gasteiger partial charge in [0.1, 0.15) is 5.82 Å². The molecule has 1 amide bonds. The van der Waals surface area contributed by atoms with Gasteiger partial charge in [-0.2, -0.15) is 0 Å². The summed E-state index contributed by atoms with van der Waals surface area (Å²) in [5, 5.41) is 8.98. The summed E-state index contributed by atoms with van der Waals surface area (Å²) in [6.07, 6.45) is -0.968. The molecule has 2 aliphatic rings. The van der Waals surface area contributed by atoms with Crippen molar-refractivity contribution in [2.45, 2.75) is 13.1 Å². The number of ether oxygens (including phenoxy) is 1. The van der Waals surface area contributed by atoms with Crippen molar-refractivity contribution in [2.75, 3.05) is 31.2 Å². The molecule has 102 valence electrons. The molecular weight excluding hydrogens is 251 g/mol. The highest BCUT2D eigenvalue weighted by Gasteiger charge is 2.26. The Kier molecular flexibility index (Phi) is 3.02. The van der Waals surface area contributed by atoms with E-state index in [1.54, 1.807) is 6.07 Å². The van der Waals surface area contributed by atoms with Crippen molar-refractivity contribution in [2.24, 2.45) is 0 Å². The summed E-state index contributed by atoms with van der Waals surface area (Å²) in [6.45, 7) is 3.12. The van der Waals surface area contributed by atoms with E-state index in [1.165, 1.54) is 11.0 Å². The van der Waals surface area contributed by atoms with Crippen LogP contribution < -0.4 is 4.90 Å². The Bertz CT molecular complexity index is 515. The van der Waals surface area contributed by atoms with Crippen molar-refractivity contribution in [3.8, 4) is 0 Å². The highest BCUT2D eigenvalue weighted by atomic mass is 19.1. The third kappa shape index (κ3) is 2.23. The molecule has 1 saturated heterocycles. The van der Waals surface area contributed by atoms with Crippen molar-refractivity contribution >= 4 is 11.8 Å². The number of hydrogen-bond acceptors (Lipinski definition) is 3. The second-order valence-corrected chi connectivity index (χ2v) is 4.81. The van der Waals surface area contributed by atoms with E-state index in [1.807, 2.05) is 4.90 Å². The first-order chi connectivity index (χ1) is 9.15. The molecule has 1 aromatic carbocycles. The third-order valence-electron chi connectivity index (χ3n) is 3.61. The molecule has 0 spiro atoms. The van der Waals surface area contributed by atoms with Crippen LogP contribution in [0.4, 0.5) is 14.9 Å². The van der Waals surface area contributed by atoms with Crippen LogP contribution in [-0.2, 0) is 17.8 Å². The van der Waals surface area contributed by atoms with Gasteiger partial charge in [-0.05, 0) is 23.3 Å². The molecule has 3 rings (SSSR count). The maximum atomic E-state index is 14.1. The molecule has 2 aliphatic heterocycles. The summed E-state index contributed by atoms with van der Waals surface area (Å²) in [6, 6.07) is 3.24. The van der Waals surface area contributed by atoms with Gasteiger partial charge in [-0.15, -0.1) is 0 Å². The lowest BCUT2D eigenvalue weighted by molar-refractivity contribution is 0.122. The number of halogens is 1. The monoisotopic (exact) mass is 266 g/mol. The number of nitrogens with zero attached hydrogens (tertiary/aromatic N) is 2. The van der Waals surface area contributed by atoms with Crippen LogP contribution in [0.2, 0.25) is 0 Å². The molecular formula is C13H15FN2O3. The molecule has 6 heteroatoms. The molecule has 0 unspecified atom stereocenters. The van der Waals surface area contributed by atoms with Gasteiger partial charge in [-0.3, -0.25) is 4.90 Å². The summed E-state index contributed by atoms with van der Waals surface area (Å²) in [5.74, 6) is -0.284. The fraction of sp³-hybridized carbons (Fsp3) is 0.462. The SMILES string of the molecule is O=C(O)N1Cc2cc(F)c(N3CCOCC3)cc2C1. The van der Waals surface area contributed by atoms with E-state index in [2.05, 4.69) is 0 Å². The van der Waals surface area contributed by atoms with E-state index >= 15 is 0 Å². The quantitative estimate of drug-likeness (QED) is 0.840. The predicted octanol–water partition coefficient (Wildman–Crippen LogP) is 1.66. The van der Waals surface area contributed by atoms with E-state index < -0.39 is 6.09 Å². The fourth-order valence-electron chi connectivity index (χ4n) is 2.59. The van der Waals surface area contributed by atoms with Crippen molar-refractivity contribution in [1.29, 1.82) is 0 Å². The smallest absolute Gasteiger partial charge is 0.407 e. The van der Waals surface area contributed by atoms with Gasteiger partial charge in [0.05, 0.1) is 18.9 Å². The molecule has 0 saturated carbocycles. The molecule has 2 heterocycles. The minimum Gasteiger partial charge on any atom is -0.465 e. The minimum absolute atomic E-state index is 0.269. The minimum atomic E-state index is -0.968. The molecule has 1 aromatic rings. The van der Waals surface area contributed by atoms with Crippen LogP contribution in [-0.4, -0.2) is 42.4 Å². The Balaban J connectivity index is 1.88. The number of morpholine rings is 1. The highest BCUT2D eigenvalue weighted by Crippen LogP contribution is 2.30. The van der Waals surface area contributed by atoms with Gasteiger partial charge in [-0.1, -0.05) is 0 Å². The van der Waals surface area contributed by atoms with Gasteiger partial charge in [-0.25, -0.2) is 9.18 Å². The number of hydrogen-bond donors (Lipinski definition) is 1. The Hall–Kier alpha value is -1.82. The summed E-state index contributed by atoms with van der Waals surface area (Å²) in [5.41, 5.74) is 2.21. The highest BCUT2D eigenvalue weighted by molar-refractivity contribution is 5.67. The fourth-order valence-corrected chi connectivity index (χ4v) is 2.59. The zero-order valence-corrected chi connectivity index (χ0v) is 10.4. The maximum Gasteiger partial charge on any atom is 0.407 e. The largest absolute Gasteiger partial charge is 0.465 e. The number of rotatable bonds is 1. The first kappa shape index (κ1) is 12.2. The van der Waals surface area contributed by atoms with Crippen molar-refractivity contribution in [1.82, 2.24) is 4.90 Å². The van der Waals surface area contributed by atoms with Crippen LogP contribution in [0.3, 0.4) is 0 Å². The van der Waals surface area contributed by atoms with E-state index in [0.29, 0.717) is 38.5 Å². The van der Waals surface area contributed by atoms with Crippen LogP contribution in [0.5, 0.6) is 0 Å². The lowest BCUT2D eigenvalue weighted by atomic mass is 10.1. The zero-order chi connectivity index (χ0) is 13.4. The predicted molar refractivity (Wildman–Crippen MR) is 66.7 cm³/mol. The number of anilines is 1. The van der Waals surface area contributed by atoms with Crippen LogP contribution in [0.15, 0.2) is 12.1 Å². The molecule has 19 heavy (non-hydrogen) atoms. The summed E-state index contributed by atoms with van der Waals surface area (Å²) in [4.78, 5) is 14.2. The second-order valence-electron chi connectivity index (χ2n) is 4.81. The Morgan fingerprint density at radius 1 is 1.21 bits per heavy atom. The van der Waals surface area contributed by atoms with Crippen LogP contribution >= 0.6 is 0 Å². The standard InChI is InChI=1S/C13H15FN2O3/c14-11-5-9-7-16(13(17)18)8-10(9)6-12(11)15-1-3-19-4-2-15/h5-6H,1-4,7-8H2,(H,17,18). The molecule has 0 aromatic heterocycles. The van der Waals surface area contributed by atoms with Crippen molar-refractivity contribution < 1.29 is 19.0 Å². The van der Waals surface area contributed by atoms with E-state index in [4.69, 9.17) is 9.84 Å². The second kappa shape index (κ2) is 4.70. The molecule has 0 radical (unpaired) electrons. The van der Waals surface area contributed by atoms with E-state index in [-0.39, 0.29) is 12.4 Å². The number of carboxylic acid groups (broad SMARTS) is 1. The van der Waals surface area contributed by atoms with Crippen LogP contribution in [0.1, 0.15) is 11.1 Å². The summed E-state index contributed by atoms with van der Waals surface area (Å²) < 4.78 is 19.4. The van der Waals surface area contributed by atoms with Crippen LogP contribution in [0.25, 0.3) is 0 Å². The van der Waals surface area contributed by atoms with Gasteiger partial charge < -0.3 is 14.7 Å². The van der Waals surface area contributed by atoms with Crippen molar-refractivity contribution in [3.63, 3.8) is 0 Å². The molecule has 5 nitrogen and oxygen atoms in total. The van der Waals surface area contributed by atoms with Gasteiger partial charge in [0.25, 0.3) is 0 Å². The van der Waals surface area contributed by atoms with Gasteiger partial charge in [0, 0.05) is 26.2 Å². The van der Waals surface area contributed by atoms with E-state index in [0.717, 1.165) is 11.1 Å². The summed E-state index contributed by atoms with van der Waals surface area (Å²) in [7, 11) is 0. The summed E-state index contributed by atoms with van der Waals surface area (Å²) >= 11 is 0. The zero-order valence-electron chi connectivity index (χ0n) is 10.4. The van der Waals surface area contributed by atoms with Gasteiger partial charge >= 0.3 is 6.09 Å². The topological polar surface area (TPSA) is 53.0 Å². The number of fused-ring (bicyclic) bond motifs is 1. The molecule has 0 aliphatic carbocycles. The normalized spacial score (nSPS) is 18.6. The Morgan fingerprint density at radius 3 is 2.47 bits per heavy atom. The van der Waals surface area contributed by atoms with Crippen LogP contribution in [0, 0.1) is 5.82 Å². The van der Waals surface area contributed by atoms with Gasteiger partial charge in [0.15, 0.2) is 0 Å². The molecule has 1 fully saturated rings. The number of amides is 1. The first-order valence-electron chi connectivity index (χ1n) is 6.27. The average Bonchev–Trinajstić information content (AvgIpc) is 2.82. The third-order valence-corrected chi connectivity index (χ3v) is 3.61. The number of carbonyl (C=O) groups is 1. The molecule has 0 atom stereocenters. The first-order valence-corrected chi connectivity index (χ1v) is 6.27. The maximum absolute atomic E-state index is 14.1. The average molecular weight is 266 g/mol. The van der Waals surface area contributed by atoms with Crippen molar-refractivity contribution in [3.05, 3.63) is 29.1 Å². The molecule has 0 bridgehead atoms. The lowest BCUT2D eigenvalue weighted by Crippen LogP contribution is -2.36.